The van der Waals surface area contributed by atoms with E-state index in [1.165, 1.54) is 0 Å². The van der Waals surface area contributed by atoms with Gasteiger partial charge in [-0.3, -0.25) is 14.5 Å². The van der Waals surface area contributed by atoms with Crippen LogP contribution in [0, 0.1) is 0 Å². The molecule has 0 saturated carbocycles. The number of nitrogens with zero attached hydrogens (tertiary/aromatic N) is 2. The summed E-state index contributed by atoms with van der Waals surface area (Å²) in [6, 6.07) is 7.48. The molecule has 2 fully saturated rings. The lowest BCUT2D eigenvalue weighted by atomic mass is 10.2. The Hall–Kier alpha value is -2.25. The van der Waals surface area contributed by atoms with Crippen molar-refractivity contribution in [3.05, 3.63) is 30.3 Å². The van der Waals surface area contributed by atoms with E-state index in [-0.39, 0.29) is 6.42 Å². The molecule has 2 aliphatic rings. The van der Waals surface area contributed by atoms with E-state index in [1.54, 1.807) is 24.3 Å². The van der Waals surface area contributed by atoms with E-state index < -0.39 is 23.9 Å². The van der Waals surface area contributed by atoms with Crippen LogP contribution in [-0.2, 0) is 14.3 Å². The minimum atomic E-state index is -0.697. The molecule has 7 nitrogen and oxygen atoms in total. The van der Waals surface area contributed by atoms with Gasteiger partial charge in [0.05, 0.1) is 25.7 Å². The van der Waals surface area contributed by atoms with Crippen LogP contribution in [0.4, 0.5) is 10.5 Å². The molecule has 7 heteroatoms. The molecule has 0 spiro atoms. The predicted molar refractivity (Wildman–Crippen MR) is 78.1 cm³/mol. The van der Waals surface area contributed by atoms with Crippen molar-refractivity contribution in [1.29, 1.82) is 0 Å². The molecule has 4 amide bonds. The lowest BCUT2D eigenvalue weighted by molar-refractivity contribution is -0.136. The quantitative estimate of drug-likeness (QED) is 0.813. The summed E-state index contributed by atoms with van der Waals surface area (Å²) in [4.78, 5) is 39.3. The maximum absolute atomic E-state index is 12.4. The number of para-hydroxylation sites is 1. The van der Waals surface area contributed by atoms with Crippen molar-refractivity contribution >= 4 is 23.5 Å². The van der Waals surface area contributed by atoms with Crippen molar-refractivity contribution in [1.82, 2.24) is 9.80 Å². The highest BCUT2D eigenvalue weighted by atomic mass is 16.5. The number of anilines is 1. The van der Waals surface area contributed by atoms with Crippen LogP contribution in [0.1, 0.15) is 6.42 Å². The smallest absolute Gasteiger partial charge is 0.335 e. The summed E-state index contributed by atoms with van der Waals surface area (Å²) in [6.45, 7) is 2.26. The summed E-state index contributed by atoms with van der Waals surface area (Å²) in [5.74, 6) is -0.921. The number of carbonyl (C=O) groups is 3. The van der Waals surface area contributed by atoms with Gasteiger partial charge in [0.2, 0.25) is 5.91 Å². The summed E-state index contributed by atoms with van der Waals surface area (Å²) in [5.41, 5.74) is 0.544. The Labute approximate surface area is 127 Å². The summed E-state index contributed by atoms with van der Waals surface area (Å²) < 4.78 is 5.24. The van der Waals surface area contributed by atoms with E-state index in [0.29, 0.717) is 36.9 Å². The molecule has 0 radical (unpaired) electrons. The Kier molecular flexibility index (Phi) is 4.17. The van der Waals surface area contributed by atoms with Gasteiger partial charge in [0, 0.05) is 18.8 Å². The molecule has 0 aliphatic carbocycles. The molecule has 1 aromatic rings. The lowest BCUT2D eigenvalue weighted by Crippen LogP contribution is -2.48. The monoisotopic (exact) mass is 303 g/mol. The van der Waals surface area contributed by atoms with Gasteiger partial charge in [-0.2, -0.15) is 4.90 Å². The molecule has 1 N–H and O–H groups in total. The minimum absolute atomic E-state index is 0.0427. The van der Waals surface area contributed by atoms with Gasteiger partial charge in [0.15, 0.2) is 0 Å². The Morgan fingerprint density at radius 2 is 1.82 bits per heavy atom. The second-order valence-electron chi connectivity index (χ2n) is 5.23. The fourth-order valence-corrected chi connectivity index (χ4v) is 2.70. The standard InChI is InChI=1S/C15H17N3O4/c19-13-10-12(17-6-8-22-9-7-17)14(20)18(13)15(21)16-11-4-2-1-3-5-11/h1-5,12H,6-10H2,(H,16,21). The maximum Gasteiger partial charge on any atom is 0.335 e. The Bertz CT molecular complexity index is 584. The Morgan fingerprint density at radius 1 is 1.14 bits per heavy atom. The van der Waals surface area contributed by atoms with Gasteiger partial charge in [-0.05, 0) is 12.1 Å². The van der Waals surface area contributed by atoms with E-state index in [4.69, 9.17) is 4.74 Å². The minimum Gasteiger partial charge on any atom is -0.379 e. The summed E-state index contributed by atoms with van der Waals surface area (Å²) >= 11 is 0. The molecule has 2 heterocycles. The first-order valence-electron chi connectivity index (χ1n) is 7.21. The fraction of sp³-hybridized carbons (Fsp3) is 0.400. The first kappa shape index (κ1) is 14.7. The Morgan fingerprint density at radius 3 is 2.50 bits per heavy atom. The van der Waals surface area contributed by atoms with E-state index in [1.807, 2.05) is 11.0 Å². The van der Waals surface area contributed by atoms with Crippen LogP contribution < -0.4 is 5.32 Å². The number of likely N-dealkylation sites (tertiary alicyclic amines) is 1. The largest absolute Gasteiger partial charge is 0.379 e. The van der Waals surface area contributed by atoms with Crippen molar-refractivity contribution in [2.45, 2.75) is 12.5 Å². The van der Waals surface area contributed by atoms with Crippen molar-refractivity contribution in [3.63, 3.8) is 0 Å². The molecule has 0 aromatic heterocycles. The Balaban J connectivity index is 1.69. The number of urea groups is 1. The molecule has 1 aromatic carbocycles. The van der Waals surface area contributed by atoms with Crippen LogP contribution in [0.15, 0.2) is 30.3 Å². The topological polar surface area (TPSA) is 79.0 Å². The molecule has 1 atom stereocenters. The third-order valence-electron chi connectivity index (χ3n) is 3.84. The van der Waals surface area contributed by atoms with E-state index >= 15 is 0 Å². The van der Waals surface area contributed by atoms with Crippen LogP contribution in [0.3, 0.4) is 0 Å². The SMILES string of the molecule is O=C1CC(N2CCOCC2)C(=O)N1C(=O)Nc1ccccc1. The lowest BCUT2D eigenvalue weighted by Gasteiger charge is -2.30. The molecule has 22 heavy (non-hydrogen) atoms. The van der Waals surface area contributed by atoms with Crippen molar-refractivity contribution in [2.24, 2.45) is 0 Å². The van der Waals surface area contributed by atoms with Gasteiger partial charge in [0.25, 0.3) is 5.91 Å². The van der Waals surface area contributed by atoms with Crippen molar-refractivity contribution < 1.29 is 19.1 Å². The molecule has 116 valence electrons. The highest BCUT2D eigenvalue weighted by Crippen LogP contribution is 2.21. The number of nitrogens with one attached hydrogen (secondary N) is 1. The zero-order chi connectivity index (χ0) is 15.5. The van der Waals surface area contributed by atoms with Crippen molar-refractivity contribution in [2.75, 3.05) is 31.6 Å². The van der Waals surface area contributed by atoms with E-state index in [9.17, 15) is 14.4 Å². The van der Waals surface area contributed by atoms with E-state index in [2.05, 4.69) is 5.32 Å². The highest BCUT2D eigenvalue weighted by molar-refractivity contribution is 6.19. The van der Waals surface area contributed by atoms with Crippen LogP contribution >= 0.6 is 0 Å². The molecule has 2 saturated heterocycles. The first-order chi connectivity index (χ1) is 10.7. The number of hydrogen-bond donors (Lipinski definition) is 1. The van der Waals surface area contributed by atoms with Gasteiger partial charge in [-0.25, -0.2) is 4.79 Å². The normalized spacial score (nSPS) is 22.9. The number of hydrogen-bond acceptors (Lipinski definition) is 5. The molecule has 0 bridgehead atoms. The molecule has 2 aliphatic heterocycles. The average molecular weight is 303 g/mol. The van der Waals surface area contributed by atoms with Gasteiger partial charge < -0.3 is 10.1 Å². The zero-order valence-corrected chi connectivity index (χ0v) is 12.0. The van der Waals surface area contributed by atoms with E-state index in [0.717, 1.165) is 0 Å². The number of ether oxygens (including phenoxy) is 1. The predicted octanol–water partition coefficient (Wildman–Crippen LogP) is 0.678. The van der Waals surface area contributed by atoms with Crippen LogP contribution in [0.25, 0.3) is 0 Å². The molecular weight excluding hydrogens is 286 g/mol. The third-order valence-corrected chi connectivity index (χ3v) is 3.84. The van der Waals surface area contributed by atoms with Gasteiger partial charge >= 0.3 is 6.03 Å². The van der Waals surface area contributed by atoms with Crippen molar-refractivity contribution in [3.8, 4) is 0 Å². The second-order valence-corrected chi connectivity index (χ2v) is 5.23. The summed E-state index contributed by atoms with van der Waals surface area (Å²) in [5, 5.41) is 2.57. The highest BCUT2D eigenvalue weighted by Gasteiger charge is 2.45. The average Bonchev–Trinajstić information content (AvgIpc) is 2.84. The maximum atomic E-state index is 12.4. The number of rotatable bonds is 2. The van der Waals surface area contributed by atoms with Gasteiger partial charge in [0.1, 0.15) is 0 Å². The fourth-order valence-electron chi connectivity index (χ4n) is 2.70. The zero-order valence-electron chi connectivity index (χ0n) is 12.0. The van der Waals surface area contributed by atoms with Gasteiger partial charge in [-0.1, -0.05) is 18.2 Å². The number of amides is 4. The van der Waals surface area contributed by atoms with Crippen LogP contribution in [0.5, 0.6) is 0 Å². The first-order valence-corrected chi connectivity index (χ1v) is 7.21. The summed E-state index contributed by atoms with van der Waals surface area (Å²) in [7, 11) is 0. The molecule has 1 unspecified atom stereocenters. The number of morpholine rings is 1. The molecule has 3 rings (SSSR count). The molecular formula is C15H17N3O4. The summed E-state index contributed by atoms with van der Waals surface area (Å²) in [6.07, 6.45) is 0.0427. The third kappa shape index (κ3) is 2.86. The number of imide groups is 3. The van der Waals surface area contributed by atoms with Crippen LogP contribution in [0.2, 0.25) is 0 Å². The second kappa shape index (κ2) is 6.25. The number of benzene rings is 1. The number of carbonyl (C=O) groups excluding carboxylic acids is 3. The van der Waals surface area contributed by atoms with Gasteiger partial charge in [-0.15, -0.1) is 0 Å². The van der Waals surface area contributed by atoms with Crippen LogP contribution in [-0.4, -0.2) is 60.0 Å².